The lowest BCUT2D eigenvalue weighted by molar-refractivity contribution is 0.672. The Morgan fingerprint density at radius 2 is 0.532 bits per heavy atom. The highest BCUT2D eigenvalue weighted by atomic mass is 16.3. The average Bonchev–Trinajstić information content (AvgIpc) is 1.59. The second kappa shape index (κ2) is 21.4. The Hall–Kier alpha value is -12.9. The maximum atomic E-state index is 6.79. The van der Waals surface area contributed by atoms with Crippen molar-refractivity contribution < 1.29 is 8.83 Å². The predicted molar refractivity (Wildman–Crippen MR) is 380 cm³/mol. The van der Waals surface area contributed by atoms with Gasteiger partial charge < -0.3 is 18.0 Å². The van der Waals surface area contributed by atoms with Gasteiger partial charge in [0.2, 0.25) is 0 Å². The molecule has 6 aromatic heterocycles. The molecule has 94 heavy (non-hydrogen) atoms. The Morgan fingerprint density at radius 1 is 0.213 bits per heavy atom. The summed E-state index contributed by atoms with van der Waals surface area (Å²) in [4.78, 5) is 32.0. The lowest BCUT2D eigenvalue weighted by Gasteiger charge is -2.17. The lowest BCUT2D eigenvalue weighted by atomic mass is 9.95. The molecular formula is C84H50N8O2. The van der Waals surface area contributed by atoms with Crippen molar-refractivity contribution in [1.82, 2.24) is 39.0 Å². The molecule has 0 bridgehead atoms. The fraction of sp³-hybridized carbons (Fsp3) is 0. The molecule has 10 nitrogen and oxygen atoms in total. The standard InChI is InChI=1S/C84H50N8O2/c1-5-22-51(23-6-1)79-85-80(52-24-7-2-8-25-52)88-83(87-79)65-49-57(40-44-69(65)91-67-36-17-13-34-63(67)75-71(91)46-42-61-59-32-15-19-38-73(59)93-77(61)75)55-30-21-31-56(48-55)58-41-45-70(66(50-58)84-89-81(53-26-9-3-10-27-53)86-82(90-84)54-28-11-4-12-29-54)92-68-37-18-14-35-64(68)76-72(92)47-43-62-60-33-16-20-39-74(60)94-78(62)76/h1-50H. The van der Waals surface area contributed by atoms with Crippen LogP contribution < -0.4 is 0 Å². The van der Waals surface area contributed by atoms with Crippen LogP contribution in [0.1, 0.15) is 0 Å². The van der Waals surface area contributed by atoms with Crippen LogP contribution in [0, 0.1) is 0 Å². The molecule has 13 aromatic carbocycles. The molecule has 0 saturated heterocycles. The van der Waals surface area contributed by atoms with Crippen molar-refractivity contribution in [2.75, 3.05) is 0 Å². The van der Waals surface area contributed by atoms with E-state index in [1.807, 2.05) is 146 Å². The van der Waals surface area contributed by atoms with Crippen molar-refractivity contribution in [2.24, 2.45) is 0 Å². The first-order chi connectivity index (χ1) is 46.6. The first-order valence-electron chi connectivity index (χ1n) is 31.4. The van der Waals surface area contributed by atoms with Crippen LogP contribution in [-0.2, 0) is 0 Å². The summed E-state index contributed by atoms with van der Waals surface area (Å²) in [6.45, 7) is 0. The quantitative estimate of drug-likeness (QED) is 0.133. The van der Waals surface area contributed by atoms with Crippen LogP contribution >= 0.6 is 0 Å². The molecule has 0 amide bonds. The number of aromatic nitrogens is 8. The van der Waals surface area contributed by atoms with Gasteiger partial charge in [-0.3, -0.25) is 0 Å². The van der Waals surface area contributed by atoms with Gasteiger partial charge in [0.25, 0.3) is 0 Å². The normalized spacial score (nSPS) is 11.8. The second-order valence-corrected chi connectivity index (χ2v) is 23.7. The molecule has 19 aromatic rings. The van der Waals surface area contributed by atoms with Crippen LogP contribution in [0.15, 0.2) is 312 Å². The van der Waals surface area contributed by atoms with E-state index >= 15 is 0 Å². The minimum absolute atomic E-state index is 0.532. The van der Waals surface area contributed by atoms with Gasteiger partial charge in [0.15, 0.2) is 34.9 Å². The zero-order valence-corrected chi connectivity index (χ0v) is 50.3. The Morgan fingerprint density at radius 3 is 0.926 bits per heavy atom. The fourth-order valence-electron chi connectivity index (χ4n) is 13.9. The van der Waals surface area contributed by atoms with Gasteiger partial charge in [0.1, 0.15) is 22.3 Å². The molecule has 0 unspecified atom stereocenters. The number of hydrogen-bond acceptors (Lipinski definition) is 8. The minimum atomic E-state index is 0.532. The largest absolute Gasteiger partial charge is 0.455 e. The van der Waals surface area contributed by atoms with Crippen LogP contribution in [0.3, 0.4) is 0 Å². The van der Waals surface area contributed by atoms with E-state index in [0.29, 0.717) is 34.9 Å². The van der Waals surface area contributed by atoms with Crippen LogP contribution in [0.5, 0.6) is 0 Å². The Bertz CT molecular complexity index is 5740. The zero-order valence-electron chi connectivity index (χ0n) is 50.3. The number of hydrogen-bond donors (Lipinski definition) is 0. The van der Waals surface area contributed by atoms with Crippen molar-refractivity contribution >= 4 is 87.5 Å². The SMILES string of the molecule is c1ccc(-c2nc(-c3ccccc3)nc(-c3cc(-c4cccc(-c5ccc(-n6c7ccccc7c7c8oc9ccccc9c8ccc76)c(-c6nc(-c7ccccc7)nc(-c7ccccc7)n6)c5)c4)ccc3-n3c4ccccc4c4c5oc6ccccc6c5ccc43)n2)cc1. The summed E-state index contributed by atoms with van der Waals surface area (Å²) in [7, 11) is 0. The van der Waals surface area contributed by atoms with E-state index in [-0.39, 0.29) is 0 Å². The van der Waals surface area contributed by atoms with E-state index in [0.717, 1.165) is 154 Å². The number of nitrogens with zero attached hydrogens (tertiary/aromatic N) is 8. The summed E-state index contributed by atoms with van der Waals surface area (Å²) in [6, 6.07) is 105. The van der Waals surface area contributed by atoms with Crippen LogP contribution in [0.2, 0.25) is 0 Å². The molecule has 19 rings (SSSR count). The third kappa shape index (κ3) is 8.58. The van der Waals surface area contributed by atoms with Gasteiger partial charge in [-0.05, 0) is 101 Å². The molecule has 0 saturated carbocycles. The highest BCUT2D eigenvalue weighted by Crippen LogP contribution is 2.46. The zero-order chi connectivity index (χ0) is 61.8. The summed E-state index contributed by atoms with van der Waals surface area (Å²) in [6.07, 6.45) is 0. The molecule has 0 atom stereocenters. The van der Waals surface area contributed by atoms with Crippen molar-refractivity contribution in [2.45, 2.75) is 0 Å². The molecule has 0 spiro atoms. The average molecular weight is 1200 g/mol. The maximum absolute atomic E-state index is 6.79. The van der Waals surface area contributed by atoms with Gasteiger partial charge in [0.05, 0.1) is 44.2 Å². The number of para-hydroxylation sites is 4. The van der Waals surface area contributed by atoms with Crippen LogP contribution in [0.25, 0.3) is 189 Å². The first kappa shape index (κ1) is 53.0. The monoisotopic (exact) mass is 1200 g/mol. The number of rotatable bonds is 10. The smallest absolute Gasteiger partial charge is 0.166 e. The summed E-state index contributed by atoms with van der Waals surface area (Å²) < 4.78 is 18.3. The second-order valence-electron chi connectivity index (χ2n) is 23.7. The van der Waals surface area contributed by atoms with E-state index in [4.69, 9.17) is 38.7 Å². The molecule has 0 aliphatic carbocycles. The Labute approximate surface area is 537 Å². The van der Waals surface area contributed by atoms with E-state index in [2.05, 4.69) is 167 Å². The van der Waals surface area contributed by atoms with Crippen molar-refractivity contribution in [3.05, 3.63) is 303 Å². The molecule has 6 heterocycles. The van der Waals surface area contributed by atoms with Crippen molar-refractivity contribution in [3.63, 3.8) is 0 Å². The van der Waals surface area contributed by atoms with Gasteiger partial charge in [-0.2, -0.15) is 0 Å². The lowest BCUT2D eigenvalue weighted by Crippen LogP contribution is -2.04. The molecule has 438 valence electrons. The van der Waals surface area contributed by atoms with Gasteiger partial charge in [-0.25, -0.2) is 29.9 Å². The topological polar surface area (TPSA) is 113 Å². The van der Waals surface area contributed by atoms with Gasteiger partial charge >= 0.3 is 0 Å². The van der Waals surface area contributed by atoms with Gasteiger partial charge in [0, 0.05) is 65.7 Å². The molecule has 10 heteroatoms. The fourth-order valence-corrected chi connectivity index (χ4v) is 13.9. The summed E-state index contributed by atoms with van der Waals surface area (Å²) >= 11 is 0. The van der Waals surface area contributed by atoms with Gasteiger partial charge in [-0.1, -0.05) is 224 Å². The molecule has 0 aliphatic rings. The van der Waals surface area contributed by atoms with Crippen LogP contribution in [-0.4, -0.2) is 39.0 Å². The minimum Gasteiger partial charge on any atom is -0.455 e. The molecule has 0 fully saturated rings. The molecular weight excluding hydrogens is 1150 g/mol. The molecule has 0 radical (unpaired) electrons. The third-order valence-corrected chi connectivity index (χ3v) is 18.2. The highest BCUT2D eigenvalue weighted by molar-refractivity contribution is 6.25. The van der Waals surface area contributed by atoms with E-state index < -0.39 is 0 Å². The maximum Gasteiger partial charge on any atom is 0.166 e. The summed E-state index contributed by atoms with van der Waals surface area (Å²) in [5.41, 5.74) is 18.4. The number of furan rings is 2. The van der Waals surface area contributed by atoms with Crippen LogP contribution in [0.4, 0.5) is 0 Å². The van der Waals surface area contributed by atoms with Crippen molar-refractivity contribution in [3.8, 4) is 102 Å². The summed E-state index contributed by atoms with van der Waals surface area (Å²) in [5.74, 6) is 3.35. The number of fused-ring (bicyclic) bond motifs is 14. The Kier molecular flexibility index (Phi) is 12.0. The van der Waals surface area contributed by atoms with Crippen molar-refractivity contribution in [1.29, 1.82) is 0 Å². The third-order valence-electron chi connectivity index (χ3n) is 18.2. The predicted octanol–water partition coefficient (Wildman–Crippen LogP) is 21.4. The summed E-state index contributed by atoms with van der Waals surface area (Å²) in [5, 5.41) is 8.52. The van der Waals surface area contributed by atoms with E-state index in [9.17, 15) is 0 Å². The molecule has 0 N–H and O–H groups in total. The van der Waals surface area contributed by atoms with E-state index in [1.165, 1.54) is 0 Å². The Balaban J connectivity index is 0.833. The first-order valence-corrected chi connectivity index (χ1v) is 31.4. The highest BCUT2D eigenvalue weighted by Gasteiger charge is 2.26. The molecule has 0 aliphatic heterocycles. The van der Waals surface area contributed by atoms with E-state index in [1.54, 1.807) is 0 Å². The van der Waals surface area contributed by atoms with Gasteiger partial charge in [-0.15, -0.1) is 0 Å². The number of benzene rings is 13.